The zero-order valence-electron chi connectivity index (χ0n) is 12.0. The van der Waals surface area contributed by atoms with Crippen molar-refractivity contribution in [3.63, 3.8) is 0 Å². The highest BCUT2D eigenvalue weighted by molar-refractivity contribution is 9.10. The van der Waals surface area contributed by atoms with Crippen molar-refractivity contribution in [2.45, 2.75) is 6.61 Å². The maximum Gasteiger partial charge on any atom is 0.374 e. The van der Waals surface area contributed by atoms with Crippen LogP contribution in [0.2, 0.25) is 0 Å². The normalized spacial score (nSPS) is 10.5. The Morgan fingerprint density at radius 2 is 2.17 bits per heavy atom. The van der Waals surface area contributed by atoms with Crippen molar-refractivity contribution in [3.8, 4) is 17.1 Å². The smallest absolute Gasteiger partial charge is 0.374 e. The number of rotatable bonds is 5. The van der Waals surface area contributed by atoms with Crippen molar-refractivity contribution in [2.24, 2.45) is 0 Å². The molecule has 2 aromatic heterocycles. The Balaban J connectivity index is 1.66. The van der Waals surface area contributed by atoms with E-state index >= 15 is 0 Å². The number of benzene rings is 1. The first-order valence-electron chi connectivity index (χ1n) is 6.55. The first kappa shape index (κ1) is 15.3. The van der Waals surface area contributed by atoms with E-state index < -0.39 is 5.97 Å². The molecular weight excluding hydrogens is 368 g/mol. The van der Waals surface area contributed by atoms with Gasteiger partial charge in [-0.15, -0.1) is 0 Å². The van der Waals surface area contributed by atoms with Gasteiger partial charge in [0.2, 0.25) is 11.6 Å². The molecule has 7 nitrogen and oxygen atoms in total. The van der Waals surface area contributed by atoms with Gasteiger partial charge in [-0.2, -0.15) is 4.98 Å². The van der Waals surface area contributed by atoms with Gasteiger partial charge in [-0.05, 0) is 40.2 Å². The Labute approximate surface area is 139 Å². The second kappa shape index (κ2) is 6.66. The van der Waals surface area contributed by atoms with Crippen LogP contribution in [0.25, 0.3) is 11.4 Å². The van der Waals surface area contributed by atoms with Crippen LogP contribution in [0.3, 0.4) is 0 Å². The molecule has 0 aliphatic heterocycles. The molecule has 0 spiro atoms. The van der Waals surface area contributed by atoms with E-state index in [1.54, 1.807) is 19.2 Å². The number of hydrogen-bond donors (Lipinski definition) is 0. The molecule has 0 bridgehead atoms. The summed E-state index contributed by atoms with van der Waals surface area (Å²) in [6, 6.07) is 10.3. The summed E-state index contributed by atoms with van der Waals surface area (Å²) in [6.07, 6.45) is 0. The van der Waals surface area contributed by atoms with E-state index in [0.717, 1.165) is 5.56 Å². The number of methoxy groups -OCH3 is 1. The Bertz CT molecular complexity index is 827. The summed E-state index contributed by atoms with van der Waals surface area (Å²) in [4.78, 5) is 15.9. The van der Waals surface area contributed by atoms with Gasteiger partial charge < -0.3 is 18.4 Å². The summed E-state index contributed by atoms with van der Waals surface area (Å²) in [5.74, 6) is 0.724. The number of halogens is 1. The molecule has 3 aromatic rings. The van der Waals surface area contributed by atoms with Gasteiger partial charge in [0.15, 0.2) is 11.3 Å². The molecule has 1 aromatic carbocycles. The summed E-state index contributed by atoms with van der Waals surface area (Å²) < 4.78 is 20.8. The van der Waals surface area contributed by atoms with Crippen molar-refractivity contribution in [1.82, 2.24) is 10.1 Å². The highest BCUT2D eigenvalue weighted by atomic mass is 79.9. The number of aromatic nitrogens is 2. The first-order valence-corrected chi connectivity index (χ1v) is 7.34. The third-order valence-electron chi connectivity index (χ3n) is 2.90. The van der Waals surface area contributed by atoms with Crippen LogP contribution in [0.15, 0.2) is 50.0 Å². The predicted molar refractivity (Wildman–Crippen MR) is 81.8 cm³/mol. The summed E-state index contributed by atoms with van der Waals surface area (Å²) in [5, 5.41) is 3.85. The molecule has 0 N–H and O–H groups in total. The van der Waals surface area contributed by atoms with Crippen LogP contribution < -0.4 is 4.74 Å². The van der Waals surface area contributed by atoms with Crippen molar-refractivity contribution < 1.29 is 23.2 Å². The van der Waals surface area contributed by atoms with Gasteiger partial charge in [-0.1, -0.05) is 17.3 Å². The minimum absolute atomic E-state index is 0.0874. The molecule has 23 heavy (non-hydrogen) atoms. The molecule has 0 unspecified atom stereocenters. The number of hydrogen-bond acceptors (Lipinski definition) is 7. The lowest BCUT2D eigenvalue weighted by Crippen LogP contribution is -2.04. The van der Waals surface area contributed by atoms with Crippen LogP contribution in [0.5, 0.6) is 5.75 Å². The van der Waals surface area contributed by atoms with E-state index in [0.29, 0.717) is 16.2 Å². The van der Waals surface area contributed by atoms with Gasteiger partial charge in [-0.3, -0.25) is 0 Å². The Morgan fingerprint density at radius 1 is 1.30 bits per heavy atom. The van der Waals surface area contributed by atoms with Gasteiger partial charge >= 0.3 is 5.97 Å². The van der Waals surface area contributed by atoms with Crippen molar-refractivity contribution >= 4 is 21.9 Å². The lowest BCUT2D eigenvalue weighted by molar-refractivity contribution is 0.0392. The topological polar surface area (TPSA) is 87.6 Å². The second-order valence-corrected chi connectivity index (χ2v) is 5.21. The SMILES string of the molecule is COc1cccc(-c2noc(COC(=O)c3ccc(Br)o3)n2)c1. The third-order valence-corrected chi connectivity index (χ3v) is 3.32. The van der Waals surface area contributed by atoms with Crippen molar-refractivity contribution in [2.75, 3.05) is 7.11 Å². The molecule has 2 heterocycles. The number of carbonyl (C=O) groups is 1. The Hall–Kier alpha value is -2.61. The molecule has 0 radical (unpaired) electrons. The number of esters is 1. The van der Waals surface area contributed by atoms with Crippen LogP contribution in [-0.2, 0) is 11.3 Å². The average molecular weight is 379 g/mol. The molecule has 118 valence electrons. The fourth-order valence-corrected chi connectivity index (χ4v) is 2.12. The Morgan fingerprint density at radius 3 is 2.91 bits per heavy atom. The van der Waals surface area contributed by atoms with Crippen molar-refractivity contribution in [3.05, 3.63) is 52.7 Å². The van der Waals surface area contributed by atoms with Crippen LogP contribution in [0.1, 0.15) is 16.4 Å². The predicted octanol–water partition coefficient (Wildman–Crippen LogP) is 3.46. The number of carbonyl (C=O) groups excluding carboxylic acids is 1. The standard InChI is InChI=1S/C15H11BrN2O5/c1-20-10-4-2-3-9(7-10)14-17-13(23-18-14)8-21-15(19)11-5-6-12(16)22-11/h2-7H,8H2,1H3. The number of furan rings is 1. The molecule has 3 rings (SSSR count). The highest BCUT2D eigenvalue weighted by Gasteiger charge is 2.15. The summed E-state index contributed by atoms with van der Waals surface area (Å²) >= 11 is 3.11. The van der Waals surface area contributed by atoms with E-state index in [2.05, 4.69) is 26.1 Å². The zero-order chi connectivity index (χ0) is 16.2. The molecular formula is C15H11BrN2O5. The first-order chi connectivity index (χ1) is 11.2. The van der Waals surface area contributed by atoms with Crippen LogP contribution in [0, 0.1) is 0 Å². The number of ether oxygens (including phenoxy) is 2. The Kier molecular flexibility index (Phi) is 4.42. The lowest BCUT2D eigenvalue weighted by Gasteiger charge is -2.00. The zero-order valence-corrected chi connectivity index (χ0v) is 13.6. The summed E-state index contributed by atoms with van der Waals surface area (Å²) in [7, 11) is 1.58. The van der Waals surface area contributed by atoms with Gasteiger partial charge in [0, 0.05) is 5.56 Å². The van der Waals surface area contributed by atoms with Crippen LogP contribution in [0.4, 0.5) is 0 Å². The van der Waals surface area contributed by atoms with Crippen LogP contribution in [-0.4, -0.2) is 23.2 Å². The summed E-state index contributed by atoms with van der Waals surface area (Å²) in [5.41, 5.74) is 0.737. The van der Waals surface area contributed by atoms with E-state index in [9.17, 15) is 4.79 Å². The molecule has 0 aliphatic rings. The van der Waals surface area contributed by atoms with E-state index in [1.165, 1.54) is 6.07 Å². The minimum atomic E-state index is -0.614. The maximum absolute atomic E-state index is 11.7. The molecule has 0 amide bonds. The fraction of sp³-hybridized carbons (Fsp3) is 0.133. The third kappa shape index (κ3) is 3.59. The fourth-order valence-electron chi connectivity index (χ4n) is 1.82. The molecule has 0 saturated carbocycles. The monoisotopic (exact) mass is 378 g/mol. The summed E-state index contributed by atoms with van der Waals surface area (Å²) in [6.45, 7) is -0.145. The van der Waals surface area contributed by atoms with E-state index in [-0.39, 0.29) is 18.3 Å². The molecule has 0 atom stereocenters. The molecule has 8 heteroatoms. The van der Waals surface area contributed by atoms with E-state index in [1.807, 2.05) is 18.2 Å². The van der Waals surface area contributed by atoms with E-state index in [4.69, 9.17) is 18.4 Å². The largest absolute Gasteiger partial charge is 0.497 e. The van der Waals surface area contributed by atoms with Gasteiger partial charge in [0.1, 0.15) is 5.75 Å². The van der Waals surface area contributed by atoms with Gasteiger partial charge in [0.05, 0.1) is 7.11 Å². The van der Waals surface area contributed by atoms with Gasteiger partial charge in [0.25, 0.3) is 5.89 Å². The number of nitrogens with zero attached hydrogens (tertiary/aromatic N) is 2. The van der Waals surface area contributed by atoms with Crippen LogP contribution >= 0.6 is 15.9 Å². The van der Waals surface area contributed by atoms with Gasteiger partial charge in [-0.25, -0.2) is 4.79 Å². The molecule has 0 aliphatic carbocycles. The lowest BCUT2D eigenvalue weighted by atomic mass is 10.2. The quantitative estimate of drug-likeness (QED) is 0.628. The average Bonchev–Trinajstić information content (AvgIpc) is 3.22. The minimum Gasteiger partial charge on any atom is -0.497 e. The molecule has 0 saturated heterocycles. The second-order valence-electron chi connectivity index (χ2n) is 4.42. The van der Waals surface area contributed by atoms with Crippen molar-refractivity contribution in [1.29, 1.82) is 0 Å². The maximum atomic E-state index is 11.7. The molecule has 0 fully saturated rings. The highest BCUT2D eigenvalue weighted by Crippen LogP contribution is 2.21.